The van der Waals surface area contributed by atoms with Crippen molar-refractivity contribution in [3.8, 4) is 0 Å². The van der Waals surface area contributed by atoms with Crippen molar-refractivity contribution in [2.24, 2.45) is 5.92 Å². The number of hydrogen-bond donors (Lipinski definition) is 1. The van der Waals surface area contributed by atoms with Gasteiger partial charge in [-0.3, -0.25) is 9.08 Å². The van der Waals surface area contributed by atoms with E-state index in [2.05, 4.69) is 11.8 Å². The molecule has 1 aliphatic heterocycles. The lowest BCUT2D eigenvalue weighted by atomic mass is 9.85. The molecule has 1 saturated carbocycles. The highest BCUT2D eigenvalue weighted by atomic mass is 32.2. The first kappa shape index (κ1) is 17.5. The first-order chi connectivity index (χ1) is 10.3. The van der Waals surface area contributed by atoms with Gasteiger partial charge in [0.2, 0.25) is 0 Å². The van der Waals surface area contributed by atoms with E-state index in [1.54, 1.807) is 0 Å². The van der Waals surface area contributed by atoms with E-state index in [4.69, 9.17) is 9.29 Å². The molecule has 8 heteroatoms. The van der Waals surface area contributed by atoms with E-state index < -0.39 is 16.2 Å². The highest BCUT2D eigenvalue weighted by Gasteiger charge is 2.33. The van der Waals surface area contributed by atoms with Gasteiger partial charge in [0.15, 0.2) is 0 Å². The molecule has 0 aromatic carbocycles. The van der Waals surface area contributed by atoms with Crippen LogP contribution in [0.3, 0.4) is 0 Å². The van der Waals surface area contributed by atoms with Gasteiger partial charge in [-0.25, -0.2) is 4.79 Å². The van der Waals surface area contributed by atoms with Gasteiger partial charge in [0.25, 0.3) is 10.1 Å². The van der Waals surface area contributed by atoms with Gasteiger partial charge < -0.3 is 10.0 Å². The van der Waals surface area contributed by atoms with E-state index in [0.717, 1.165) is 38.5 Å². The zero-order valence-electron chi connectivity index (χ0n) is 13.3. The molecule has 0 bridgehead atoms. The third-order valence-electron chi connectivity index (χ3n) is 4.75. The zero-order chi connectivity index (χ0) is 16.3. The van der Waals surface area contributed by atoms with E-state index in [1.807, 2.05) is 0 Å². The third kappa shape index (κ3) is 4.82. The molecule has 1 unspecified atom stereocenters. The lowest BCUT2D eigenvalue weighted by Gasteiger charge is -2.45. The Bertz CT molecular complexity index is 487. The maximum Gasteiger partial charge on any atom is 0.407 e. The van der Waals surface area contributed by atoms with Gasteiger partial charge in [0.1, 0.15) is 0 Å². The predicted octanol–water partition coefficient (Wildman–Crippen LogP) is 1.21. The Morgan fingerprint density at radius 1 is 1.23 bits per heavy atom. The maximum atomic E-state index is 11.0. The Hall–Kier alpha value is -0.860. The van der Waals surface area contributed by atoms with Crippen LogP contribution in [0.25, 0.3) is 0 Å². The fourth-order valence-electron chi connectivity index (χ4n) is 3.55. The van der Waals surface area contributed by atoms with Crippen LogP contribution in [0, 0.1) is 5.92 Å². The Balaban J connectivity index is 1.78. The molecule has 1 amide bonds. The molecule has 1 aliphatic carbocycles. The number of carbonyl (C=O) groups is 1. The van der Waals surface area contributed by atoms with Crippen LogP contribution < -0.4 is 0 Å². The first-order valence-corrected chi connectivity index (χ1v) is 9.66. The number of piperazine rings is 1. The molecule has 2 aliphatic rings. The molecule has 128 valence electrons. The summed E-state index contributed by atoms with van der Waals surface area (Å²) in [6, 6.07) is 0.707. The molecule has 1 saturated heterocycles. The van der Waals surface area contributed by atoms with Gasteiger partial charge in [0, 0.05) is 31.7 Å². The second-order valence-corrected chi connectivity index (χ2v) is 8.12. The summed E-state index contributed by atoms with van der Waals surface area (Å²) in [7, 11) is -3.35. The fraction of sp³-hybridized carbons (Fsp3) is 0.929. The molecule has 7 nitrogen and oxygen atoms in total. The number of hydrogen-bond acceptors (Lipinski definition) is 5. The predicted molar refractivity (Wildman–Crippen MR) is 82.3 cm³/mol. The summed E-state index contributed by atoms with van der Waals surface area (Å²) in [5.74, 6) is 0.307. The van der Waals surface area contributed by atoms with Crippen LogP contribution in [-0.2, 0) is 14.3 Å². The van der Waals surface area contributed by atoms with E-state index in [0.29, 0.717) is 25.0 Å². The molecule has 1 N–H and O–H groups in total. The van der Waals surface area contributed by atoms with Crippen LogP contribution in [0.5, 0.6) is 0 Å². The van der Waals surface area contributed by atoms with E-state index in [-0.39, 0.29) is 12.6 Å². The van der Waals surface area contributed by atoms with Crippen molar-refractivity contribution in [1.29, 1.82) is 0 Å². The number of amides is 1. The summed E-state index contributed by atoms with van der Waals surface area (Å²) in [4.78, 5) is 14.9. The minimum Gasteiger partial charge on any atom is -0.465 e. The lowest BCUT2D eigenvalue weighted by Crippen LogP contribution is -2.57. The van der Waals surface area contributed by atoms with Gasteiger partial charge in [-0.15, -0.1) is 0 Å². The molecule has 2 fully saturated rings. The van der Waals surface area contributed by atoms with Crippen molar-refractivity contribution in [1.82, 2.24) is 9.80 Å². The quantitative estimate of drug-likeness (QED) is 0.778. The molecule has 2 rings (SSSR count). The molecule has 0 aromatic rings. The number of nitrogens with zero attached hydrogens (tertiary/aromatic N) is 2. The summed E-state index contributed by atoms with van der Waals surface area (Å²) in [5.41, 5.74) is 0. The van der Waals surface area contributed by atoms with Crippen LogP contribution in [0.1, 0.15) is 32.6 Å². The molecule has 0 spiro atoms. The largest absolute Gasteiger partial charge is 0.465 e. The SMILES string of the molecule is CC1CN(C(=O)O)CCN1C1CCC(COS(C)(=O)=O)CC1. The van der Waals surface area contributed by atoms with E-state index >= 15 is 0 Å². The topological polar surface area (TPSA) is 87.2 Å². The number of carboxylic acid groups (broad SMARTS) is 1. The van der Waals surface area contributed by atoms with Crippen molar-refractivity contribution in [2.75, 3.05) is 32.5 Å². The Morgan fingerprint density at radius 2 is 1.86 bits per heavy atom. The Morgan fingerprint density at radius 3 is 2.36 bits per heavy atom. The van der Waals surface area contributed by atoms with Crippen molar-refractivity contribution in [3.63, 3.8) is 0 Å². The van der Waals surface area contributed by atoms with Crippen molar-refractivity contribution in [3.05, 3.63) is 0 Å². The normalized spacial score (nSPS) is 31.2. The molecule has 1 heterocycles. The second kappa shape index (κ2) is 7.14. The fourth-order valence-corrected chi connectivity index (χ4v) is 3.99. The molecule has 0 aromatic heterocycles. The van der Waals surface area contributed by atoms with Crippen LogP contribution >= 0.6 is 0 Å². The molecular formula is C14H26N2O5S. The van der Waals surface area contributed by atoms with Gasteiger partial charge >= 0.3 is 6.09 Å². The van der Waals surface area contributed by atoms with Crippen molar-refractivity contribution in [2.45, 2.75) is 44.7 Å². The van der Waals surface area contributed by atoms with Crippen LogP contribution in [-0.4, -0.2) is 74.0 Å². The average molecular weight is 334 g/mol. The van der Waals surface area contributed by atoms with E-state index in [1.165, 1.54) is 4.90 Å². The summed E-state index contributed by atoms with van der Waals surface area (Å²) in [6.07, 6.45) is 4.22. The van der Waals surface area contributed by atoms with E-state index in [9.17, 15) is 13.2 Å². The van der Waals surface area contributed by atoms with Crippen molar-refractivity contribution >= 4 is 16.2 Å². The summed E-state index contributed by atoms with van der Waals surface area (Å²) >= 11 is 0. The third-order valence-corrected chi connectivity index (χ3v) is 5.32. The summed E-state index contributed by atoms with van der Waals surface area (Å²) < 4.78 is 27.0. The van der Waals surface area contributed by atoms with Crippen LogP contribution in [0.4, 0.5) is 4.79 Å². The second-order valence-electron chi connectivity index (χ2n) is 6.48. The Kier molecular flexibility index (Phi) is 5.68. The Labute approximate surface area is 132 Å². The zero-order valence-corrected chi connectivity index (χ0v) is 14.1. The van der Waals surface area contributed by atoms with Crippen LogP contribution in [0.15, 0.2) is 0 Å². The van der Waals surface area contributed by atoms with Crippen molar-refractivity contribution < 1.29 is 22.5 Å². The van der Waals surface area contributed by atoms with Gasteiger partial charge in [-0.1, -0.05) is 0 Å². The minimum absolute atomic E-state index is 0.235. The highest BCUT2D eigenvalue weighted by molar-refractivity contribution is 7.85. The minimum atomic E-state index is -3.35. The van der Waals surface area contributed by atoms with Gasteiger partial charge in [-0.05, 0) is 38.5 Å². The molecule has 0 radical (unpaired) electrons. The summed E-state index contributed by atoms with van der Waals surface area (Å²) in [5, 5.41) is 9.06. The average Bonchev–Trinajstić information content (AvgIpc) is 2.45. The molecule has 22 heavy (non-hydrogen) atoms. The smallest absolute Gasteiger partial charge is 0.407 e. The maximum absolute atomic E-state index is 11.0. The summed E-state index contributed by atoms with van der Waals surface area (Å²) in [6.45, 7) is 4.27. The standard InChI is InChI=1S/C14H26N2O5S/c1-11-9-15(14(17)18)7-8-16(11)13-5-3-12(4-6-13)10-21-22(2,19)20/h11-13H,3-10H2,1-2H3,(H,17,18). The first-order valence-electron chi connectivity index (χ1n) is 7.84. The lowest BCUT2D eigenvalue weighted by molar-refractivity contribution is 0.0281. The van der Waals surface area contributed by atoms with Crippen LogP contribution in [0.2, 0.25) is 0 Å². The molecule has 1 atom stereocenters. The monoisotopic (exact) mass is 334 g/mol. The highest BCUT2D eigenvalue weighted by Crippen LogP contribution is 2.30. The van der Waals surface area contributed by atoms with Gasteiger partial charge in [-0.2, -0.15) is 8.42 Å². The number of rotatable bonds is 4. The molecular weight excluding hydrogens is 308 g/mol. The van der Waals surface area contributed by atoms with Gasteiger partial charge in [0.05, 0.1) is 12.9 Å².